The van der Waals surface area contributed by atoms with Crippen LogP contribution >= 0.6 is 0 Å². The van der Waals surface area contributed by atoms with Crippen molar-refractivity contribution in [3.05, 3.63) is 95.4 Å². The third-order valence-corrected chi connectivity index (χ3v) is 7.53. The number of halogens is 3. The van der Waals surface area contributed by atoms with Gasteiger partial charge in [0.1, 0.15) is 5.75 Å². The molecule has 1 saturated carbocycles. The van der Waals surface area contributed by atoms with Gasteiger partial charge < -0.3 is 19.3 Å². The van der Waals surface area contributed by atoms with Gasteiger partial charge in [0.25, 0.3) is 0 Å². The number of anilines is 1. The molecule has 0 bridgehead atoms. The number of ether oxygens (including phenoxy) is 1. The van der Waals surface area contributed by atoms with Gasteiger partial charge in [0, 0.05) is 17.8 Å². The lowest BCUT2D eigenvalue weighted by Crippen LogP contribution is -2.37. The quantitative estimate of drug-likeness (QED) is 0.183. The second kappa shape index (κ2) is 12.5. The van der Waals surface area contributed by atoms with Gasteiger partial charge in [0.15, 0.2) is 5.60 Å². The molecule has 1 fully saturated rings. The maximum Gasteiger partial charge on any atom is 0.416 e. The van der Waals surface area contributed by atoms with Gasteiger partial charge in [-0.2, -0.15) is 18.2 Å². The number of aliphatic carboxylic acids is 1. The average molecular weight is 608 g/mol. The summed E-state index contributed by atoms with van der Waals surface area (Å²) >= 11 is 0. The molecule has 8 nitrogen and oxygen atoms in total. The van der Waals surface area contributed by atoms with E-state index >= 15 is 0 Å². The Kier molecular flexibility index (Phi) is 8.75. The Morgan fingerprint density at radius 1 is 1.02 bits per heavy atom. The number of carbonyl (C=O) groups excluding carboxylic acids is 1. The predicted octanol–water partition coefficient (Wildman–Crippen LogP) is 7.08. The Hall–Kier alpha value is -4.67. The minimum atomic E-state index is -4.46. The van der Waals surface area contributed by atoms with Crippen LogP contribution in [0.25, 0.3) is 11.4 Å². The fourth-order valence-corrected chi connectivity index (χ4v) is 5.08. The van der Waals surface area contributed by atoms with Crippen molar-refractivity contribution in [2.24, 2.45) is 0 Å². The number of benzene rings is 3. The number of carboxylic acids is 1. The van der Waals surface area contributed by atoms with E-state index in [2.05, 4.69) is 10.1 Å². The molecule has 0 radical (unpaired) electrons. The van der Waals surface area contributed by atoms with E-state index in [-0.39, 0.29) is 18.2 Å². The molecule has 0 spiro atoms. The van der Waals surface area contributed by atoms with Crippen LogP contribution in [0.15, 0.2) is 77.6 Å². The van der Waals surface area contributed by atoms with Crippen molar-refractivity contribution in [1.82, 2.24) is 10.1 Å². The first kappa shape index (κ1) is 30.8. The van der Waals surface area contributed by atoms with Crippen LogP contribution in [-0.4, -0.2) is 39.3 Å². The molecule has 1 amide bonds. The molecule has 1 aliphatic rings. The standard InChI is InChI=1S/C33H32F3N3O5/c1-32(2,31(41)42)44-25-8-3-6-21(18-25)7-5-17-39(28(40)19-22-11-15-24(16-12-22)33(34,35)36)27-10-4-9-26(29(27)23-13-14-23)30-37-20-43-38-30/h3-4,6,8-12,15-16,18,20,23H,5,7,13-14,17,19H2,1-2H3,(H,41,42). The molecule has 5 rings (SSSR count). The molecule has 1 heterocycles. The number of nitrogens with zero attached hydrogens (tertiary/aromatic N) is 3. The molecule has 0 saturated heterocycles. The molecule has 3 aromatic carbocycles. The van der Waals surface area contributed by atoms with Crippen LogP contribution in [0.5, 0.6) is 5.75 Å². The normalized spacial score (nSPS) is 13.5. The summed E-state index contributed by atoms with van der Waals surface area (Å²) in [5, 5.41) is 13.4. The Bertz CT molecular complexity index is 1610. The number of hydrogen-bond donors (Lipinski definition) is 1. The third-order valence-electron chi connectivity index (χ3n) is 7.53. The zero-order valence-corrected chi connectivity index (χ0v) is 24.3. The molecule has 4 aromatic rings. The second-order valence-electron chi connectivity index (χ2n) is 11.4. The van der Waals surface area contributed by atoms with E-state index in [0.717, 1.165) is 41.7 Å². The van der Waals surface area contributed by atoms with Crippen LogP contribution in [0.1, 0.15) is 61.3 Å². The number of aryl methyl sites for hydroxylation is 1. The zero-order valence-electron chi connectivity index (χ0n) is 24.3. The lowest BCUT2D eigenvalue weighted by atomic mass is 9.98. The average Bonchev–Trinajstić information content (AvgIpc) is 3.67. The Morgan fingerprint density at radius 2 is 1.75 bits per heavy atom. The van der Waals surface area contributed by atoms with Crippen LogP contribution in [0.2, 0.25) is 0 Å². The summed E-state index contributed by atoms with van der Waals surface area (Å²) in [7, 11) is 0. The lowest BCUT2D eigenvalue weighted by molar-refractivity contribution is -0.152. The minimum absolute atomic E-state index is 0.0811. The molecule has 1 aliphatic carbocycles. The van der Waals surface area contributed by atoms with Gasteiger partial charge in [-0.15, -0.1) is 0 Å². The van der Waals surface area contributed by atoms with Crippen molar-refractivity contribution in [3.8, 4) is 17.1 Å². The predicted molar refractivity (Wildman–Crippen MR) is 156 cm³/mol. The van der Waals surface area contributed by atoms with E-state index in [1.165, 1.54) is 32.4 Å². The maximum absolute atomic E-state index is 13.9. The van der Waals surface area contributed by atoms with E-state index in [4.69, 9.17) is 9.26 Å². The first-order valence-electron chi connectivity index (χ1n) is 14.3. The summed E-state index contributed by atoms with van der Waals surface area (Å²) in [5.41, 5.74) is 1.64. The highest BCUT2D eigenvalue weighted by atomic mass is 19.4. The van der Waals surface area contributed by atoms with Crippen molar-refractivity contribution >= 4 is 17.6 Å². The summed E-state index contributed by atoms with van der Waals surface area (Å²) in [6.07, 6.45) is -0.275. The summed E-state index contributed by atoms with van der Waals surface area (Å²) in [6.45, 7) is 3.28. The van der Waals surface area contributed by atoms with E-state index in [9.17, 15) is 27.9 Å². The van der Waals surface area contributed by atoms with E-state index < -0.39 is 23.3 Å². The molecule has 0 aliphatic heterocycles. The first-order valence-corrected chi connectivity index (χ1v) is 14.3. The highest BCUT2D eigenvalue weighted by molar-refractivity contribution is 5.96. The first-order chi connectivity index (χ1) is 20.9. The van der Waals surface area contributed by atoms with Crippen molar-refractivity contribution in [3.63, 3.8) is 0 Å². The van der Waals surface area contributed by atoms with E-state index in [0.29, 0.717) is 42.2 Å². The number of carbonyl (C=O) groups is 2. The molecule has 44 heavy (non-hydrogen) atoms. The van der Waals surface area contributed by atoms with Gasteiger partial charge in [0.05, 0.1) is 12.0 Å². The van der Waals surface area contributed by atoms with Crippen LogP contribution in [0.3, 0.4) is 0 Å². The zero-order chi connectivity index (χ0) is 31.5. The van der Waals surface area contributed by atoms with E-state index in [1.54, 1.807) is 23.1 Å². The van der Waals surface area contributed by atoms with Gasteiger partial charge in [-0.05, 0) is 92.5 Å². The largest absolute Gasteiger partial charge is 0.478 e. The smallest absolute Gasteiger partial charge is 0.416 e. The number of aromatic nitrogens is 2. The number of hydrogen-bond acceptors (Lipinski definition) is 6. The molecule has 1 N–H and O–H groups in total. The van der Waals surface area contributed by atoms with Crippen molar-refractivity contribution in [1.29, 1.82) is 0 Å². The van der Waals surface area contributed by atoms with Crippen LogP contribution in [-0.2, 0) is 28.6 Å². The SMILES string of the molecule is CC(C)(Oc1cccc(CCCN(C(=O)Cc2ccc(C(F)(F)F)cc2)c2cccc(-c3ncon3)c2C2CC2)c1)C(=O)O. The number of amides is 1. The Labute approximate surface area is 252 Å². The molecule has 230 valence electrons. The van der Waals surface area contributed by atoms with Crippen LogP contribution < -0.4 is 9.64 Å². The summed E-state index contributed by atoms with van der Waals surface area (Å²) in [5.74, 6) is -0.275. The summed E-state index contributed by atoms with van der Waals surface area (Å²) in [6, 6.07) is 17.4. The van der Waals surface area contributed by atoms with Gasteiger partial charge in [-0.25, -0.2) is 4.79 Å². The lowest BCUT2D eigenvalue weighted by Gasteiger charge is -2.27. The van der Waals surface area contributed by atoms with Gasteiger partial charge >= 0.3 is 12.1 Å². The summed E-state index contributed by atoms with van der Waals surface area (Å²) < 4.78 is 50.0. The van der Waals surface area contributed by atoms with Gasteiger partial charge in [-0.1, -0.05) is 41.6 Å². The van der Waals surface area contributed by atoms with Crippen molar-refractivity contribution in [2.45, 2.75) is 63.6 Å². The molecular weight excluding hydrogens is 575 g/mol. The van der Waals surface area contributed by atoms with Gasteiger partial charge in [-0.3, -0.25) is 4.79 Å². The molecule has 1 aromatic heterocycles. The Balaban J connectivity index is 1.40. The maximum atomic E-state index is 13.9. The third kappa shape index (κ3) is 7.27. The number of rotatable bonds is 12. The van der Waals surface area contributed by atoms with Crippen molar-refractivity contribution in [2.75, 3.05) is 11.4 Å². The minimum Gasteiger partial charge on any atom is -0.478 e. The molecule has 0 unspecified atom stereocenters. The highest BCUT2D eigenvalue weighted by Gasteiger charge is 2.34. The second-order valence-corrected chi connectivity index (χ2v) is 11.4. The molecule has 0 atom stereocenters. The summed E-state index contributed by atoms with van der Waals surface area (Å²) in [4.78, 5) is 31.3. The highest BCUT2D eigenvalue weighted by Crippen LogP contribution is 2.48. The topological polar surface area (TPSA) is 106 Å². The monoisotopic (exact) mass is 607 g/mol. The van der Waals surface area contributed by atoms with Crippen molar-refractivity contribution < 1.29 is 37.1 Å². The fraction of sp³-hybridized carbons (Fsp3) is 0.333. The number of alkyl halides is 3. The fourth-order valence-electron chi connectivity index (χ4n) is 5.08. The van der Waals surface area contributed by atoms with E-state index in [1.807, 2.05) is 24.3 Å². The number of carboxylic acid groups (broad SMARTS) is 1. The Morgan fingerprint density at radius 3 is 2.39 bits per heavy atom. The molecular formula is C33H32F3N3O5. The van der Waals surface area contributed by atoms with Crippen LogP contribution in [0, 0.1) is 0 Å². The van der Waals surface area contributed by atoms with Gasteiger partial charge in [0.2, 0.25) is 18.1 Å². The van der Waals surface area contributed by atoms with Crippen LogP contribution in [0.4, 0.5) is 18.9 Å². The molecule has 11 heteroatoms.